The second kappa shape index (κ2) is 4.15. The third kappa shape index (κ3) is 1.94. The molecule has 1 unspecified atom stereocenters. The van der Waals surface area contributed by atoms with Crippen LogP contribution < -0.4 is 5.73 Å². The molecule has 1 atom stereocenters. The Balaban J connectivity index is 3.12. The average Bonchev–Trinajstić information content (AvgIpc) is 2.03. The fraction of sp³-hybridized carbons (Fsp3) is 0.250. The molecule has 0 aliphatic heterocycles. The SMILES string of the molecule is NC(CO)c1c(F)cccc1I. The third-order valence-corrected chi connectivity index (χ3v) is 2.51. The molecule has 0 bridgehead atoms. The topological polar surface area (TPSA) is 46.2 Å². The van der Waals surface area contributed by atoms with Crippen molar-refractivity contribution in [2.45, 2.75) is 6.04 Å². The highest BCUT2D eigenvalue weighted by atomic mass is 127. The standard InChI is InChI=1S/C8H9FINO/c9-5-2-1-3-6(10)8(5)7(11)4-12/h1-3,7,12H,4,11H2. The van der Waals surface area contributed by atoms with Crippen LogP contribution in [0.15, 0.2) is 18.2 Å². The number of halogens is 2. The summed E-state index contributed by atoms with van der Waals surface area (Å²) in [6.07, 6.45) is 0. The Hall–Kier alpha value is -0.200. The van der Waals surface area contributed by atoms with E-state index in [9.17, 15) is 4.39 Å². The van der Waals surface area contributed by atoms with Crippen molar-refractivity contribution in [1.82, 2.24) is 0 Å². The van der Waals surface area contributed by atoms with E-state index in [1.165, 1.54) is 6.07 Å². The minimum Gasteiger partial charge on any atom is -0.394 e. The Labute approximate surface area is 83.7 Å². The molecule has 0 aromatic heterocycles. The van der Waals surface area contributed by atoms with Crippen LogP contribution in [0.4, 0.5) is 4.39 Å². The second-order valence-electron chi connectivity index (χ2n) is 2.42. The van der Waals surface area contributed by atoms with Gasteiger partial charge in [0.2, 0.25) is 0 Å². The summed E-state index contributed by atoms with van der Waals surface area (Å²) >= 11 is 1.99. The first-order chi connectivity index (χ1) is 5.66. The fourth-order valence-corrected chi connectivity index (χ4v) is 1.82. The highest BCUT2D eigenvalue weighted by Crippen LogP contribution is 2.20. The van der Waals surface area contributed by atoms with Crippen molar-refractivity contribution in [2.24, 2.45) is 5.73 Å². The molecule has 4 heteroatoms. The van der Waals surface area contributed by atoms with Crippen LogP contribution in [-0.2, 0) is 0 Å². The van der Waals surface area contributed by atoms with Gasteiger partial charge in [-0.3, -0.25) is 0 Å². The monoisotopic (exact) mass is 281 g/mol. The molecule has 0 heterocycles. The van der Waals surface area contributed by atoms with Crippen LogP contribution in [0, 0.1) is 9.39 Å². The maximum absolute atomic E-state index is 13.1. The van der Waals surface area contributed by atoms with Gasteiger partial charge >= 0.3 is 0 Å². The van der Waals surface area contributed by atoms with Gasteiger partial charge in [0.15, 0.2) is 0 Å². The molecule has 1 aromatic rings. The first-order valence-corrected chi connectivity index (χ1v) is 4.55. The molecule has 3 N–H and O–H groups in total. The number of hydrogen-bond acceptors (Lipinski definition) is 2. The molecule has 0 saturated heterocycles. The molecule has 1 aromatic carbocycles. The van der Waals surface area contributed by atoms with Gasteiger partial charge in [-0.1, -0.05) is 6.07 Å². The minimum absolute atomic E-state index is 0.239. The van der Waals surface area contributed by atoms with Crippen molar-refractivity contribution in [3.63, 3.8) is 0 Å². The molecule has 1 rings (SSSR count). The van der Waals surface area contributed by atoms with Crippen molar-refractivity contribution < 1.29 is 9.50 Å². The normalized spacial score (nSPS) is 13.0. The van der Waals surface area contributed by atoms with E-state index in [2.05, 4.69) is 0 Å². The average molecular weight is 281 g/mol. The Bertz CT molecular complexity index is 260. The van der Waals surface area contributed by atoms with E-state index in [-0.39, 0.29) is 12.4 Å². The van der Waals surface area contributed by atoms with Crippen LogP contribution in [-0.4, -0.2) is 11.7 Å². The van der Waals surface area contributed by atoms with Crippen molar-refractivity contribution in [2.75, 3.05) is 6.61 Å². The lowest BCUT2D eigenvalue weighted by atomic mass is 10.1. The molecule has 0 amide bonds. The maximum atomic E-state index is 13.1. The van der Waals surface area contributed by atoms with Crippen LogP contribution >= 0.6 is 22.6 Å². The molecule has 0 spiro atoms. The third-order valence-electron chi connectivity index (χ3n) is 1.57. The van der Waals surface area contributed by atoms with Gasteiger partial charge in [-0.05, 0) is 34.7 Å². The van der Waals surface area contributed by atoms with E-state index in [4.69, 9.17) is 10.8 Å². The maximum Gasteiger partial charge on any atom is 0.129 e. The number of aliphatic hydroxyl groups is 1. The lowest BCUT2D eigenvalue weighted by Gasteiger charge is -2.11. The van der Waals surface area contributed by atoms with Gasteiger partial charge in [-0.2, -0.15) is 0 Å². The summed E-state index contributed by atoms with van der Waals surface area (Å²) in [5.74, 6) is -0.358. The van der Waals surface area contributed by atoms with Gasteiger partial charge in [0.1, 0.15) is 5.82 Å². The number of aliphatic hydroxyl groups excluding tert-OH is 1. The largest absolute Gasteiger partial charge is 0.394 e. The first-order valence-electron chi connectivity index (χ1n) is 3.47. The van der Waals surface area contributed by atoms with E-state index in [1.807, 2.05) is 22.6 Å². The number of nitrogens with two attached hydrogens (primary N) is 1. The van der Waals surface area contributed by atoms with Gasteiger partial charge < -0.3 is 10.8 Å². The number of hydrogen-bond donors (Lipinski definition) is 2. The van der Waals surface area contributed by atoms with E-state index >= 15 is 0 Å². The Morgan fingerprint density at radius 3 is 2.75 bits per heavy atom. The molecule has 0 saturated carbocycles. The molecule has 66 valence electrons. The van der Waals surface area contributed by atoms with Crippen molar-refractivity contribution >= 4 is 22.6 Å². The molecule has 0 aliphatic rings. The van der Waals surface area contributed by atoms with Crippen molar-refractivity contribution in [3.8, 4) is 0 Å². The van der Waals surface area contributed by atoms with Crippen molar-refractivity contribution in [1.29, 1.82) is 0 Å². The fourth-order valence-electron chi connectivity index (χ4n) is 0.956. The summed E-state index contributed by atoms with van der Waals surface area (Å²) in [5, 5.41) is 8.74. The van der Waals surface area contributed by atoms with E-state index in [0.717, 1.165) is 3.57 Å². The Morgan fingerprint density at radius 2 is 2.25 bits per heavy atom. The second-order valence-corrected chi connectivity index (χ2v) is 3.59. The van der Waals surface area contributed by atoms with Crippen LogP contribution in [0.25, 0.3) is 0 Å². The highest BCUT2D eigenvalue weighted by molar-refractivity contribution is 14.1. The zero-order valence-electron chi connectivity index (χ0n) is 6.30. The van der Waals surface area contributed by atoms with Gasteiger partial charge in [-0.25, -0.2) is 4.39 Å². The summed E-state index contributed by atoms with van der Waals surface area (Å²) < 4.78 is 13.8. The summed E-state index contributed by atoms with van der Waals surface area (Å²) in [4.78, 5) is 0. The summed E-state index contributed by atoms with van der Waals surface area (Å²) in [6.45, 7) is -0.239. The predicted octanol–water partition coefficient (Wildman–Crippen LogP) is 1.42. The molecular formula is C8H9FINO. The first kappa shape index (κ1) is 9.88. The number of rotatable bonds is 2. The molecule has 0 aliphatic carbocycles. The van der Waals surface area contributed by atoms with E-state index in [1.54, 1.807) is 12.1 Å². The van der Waals surface area contributed by atoms with Gasteiger partial charge in [-0.15, -0.1) is 0 Å². The summed E-state index contributed by atoms with van der Waals surface area (Å²) in [5.41, 5.74) is 5.89. The lowest BCUT2D eigenvalue weighted by Crippen LogP contribution is -2.17. The predicted molar refractivity (Wildman–Crippen MR) is 53.1 cm³/mol. The molecular weight excluding hydrogens is 272 g/mol. The quantitative estimate of drug-likeness (QED) is 0.805. The van der Waals surface area contributed by atoms with Crippen LogP contribution in [0.2, 0.25) is 0 Å². The summed E-state index contributed by atoms with van der Waals surface area (Å²) in [6, 6.07) is 4.09. The Kier molecular flexibility index (Phi) is 3.42. The van der Waals surface area contributed by atoms with Gasteiger partial charge in [0.05, 0.1) is 12.6 Å². The molecule has 0 fully saturated rings. The zero-order chi connectivity index (χ0) is 9.14. The minimum atomic E-state index is -0.627. The van der Waals surface area contributed by atoms with Crippen LogP contribution in [0.5, 0.6) is 0 Å². The van der Waals surface area contributed by atoms with Crippen LogP contribution in [0.3, 0.4) is 0 Å². The molecule has 12 heavy (non-hydrogen) atoms. The Morgan fingerprint density at radius 1 is 1.58 bits per heavy atom. The smallest absolute Gasteiger partial charge is 0.129 e. The molecule has 0 radical (unpaired) electrons. The number of benzene rings is 1. The zero-order valence-corrected chi connectivity index (χ0v) is 8.45. The highest BCUT2D eigenvalue weighted by Gasteiger charge is 2.13. The van der Waals surface area contributed by atoms with Crippen LogP contribution in [0.1, 0.15) is 11.6 Å². The van der Waals surface area contributed by atoms with E-state index < -0.39 is 6.04 Å². The van der Waals surface area contributed by atoms with Gasteiger partial charge in [0, 0.05) is 9.13 Å². The van der Waals surface area contributed by atoms with Gasteiger partial charge in [0.25, 0.3) is 0 Å². The molecule has 2 nitrogen and oxygen atoms in total. The lowest BCUT2D eigenvalue weighted by molar-refractivity contribution is 0.265. The summed E-state index contributed by atoms with van der Waals surface area (Å²) in [7, 11) is 0. The van der Waals surface area contributed by atoms with E-state index in [0.29, 0.717) is 5.56 Å². The van der Waals surface area contributed by atoms with Crippen molar-refractivity contribution in [3.05, 3.63) is 33.1 Å².